The Balaban J connectivity index is 2.50. The molecule has 1 N–H and O–H groups in total. The summed E-state index contributed by atoms with van der Waals surface area (Å²) < 4.78 is 0. The molecule has 0 spiro atoms. The van der Waals surface area contributed by atoms with E-state index in [1.807, 2.05) is 18.4 Å². The Kier molecular flexibility index (Phi) is 3.65. The zero-order valence-electron chi connectivity index (χ0n) is 10.9. The van der Waals surface area contributed by atoms with Gasteiger partial charge in [0.15, 0.2) is 0 Å². The minimum absolute atomic E-state index is 0.307. The minimum Gasteiger partial charge on any atom is -0.309 e. The maximum Gasteiger partial charge on any atom is 0.0587 e. The highest BCUT2D eigenvalue weighted by Crippen LogP contribution is 2.30. The summed E-state index contributed by atoms with van der Waals surface area (Å²) in [4.78, 5) is 1.39. The number of nitrogens with one attached hydrogen (secondary N) is 1. The number of aryl methyl sites for hydroxylation is 2. The van der Waals surface area contributed by atoms with Crippen molar-refractivity contribution in [1.82, 2.24) is 5.32 Å². The van der Waals surface area contributed by atoms with Gasteiger partial charge in [0.2, 0.25) is 0 Å². The van der Waals surface area contributed by atoms with Crippen molar-refractivity contribution in [3.8, 4) is 0 Å². The lowest BCUT2D eigenvalue weighted by Crippen LogP contribution is -2.19. The average Bonchev–Trinajstić information content (AvgIpc) is 2.72. The molecule has 17 heavy (non-hydrogen) atoms. The zero-order valence-corrected chi connectivity index (χ0v) is 11.7. The molecule has 2 rings (SSSR count). The fourth-order valence-electron chi connectivity index (χ4n) is 2.26. The highest BCUT2D eigenvalue weighted by atomic mass is 32.1. The van der Waals surface area contributed by atoms with Gasteiger partial charge in [-0.3, -0.25) is 0 Å². The molecule has 0 aliphatic heterocycles. The van der Waals surface area contributed by atoms with Crippen molar-refractivity contribution in [2.75, 3.05) is 7.05 Å². The third-order valence-electron chi connectivity index (χ3n) is 3.46. The summed E-state index contributed by atoms with van der Waals surface area (Å²) in [5.74, 6) is 0. The summed E-state index contributed by atoms with van der Waals surface area (Å²) in [6.07, 6.45) is 0. The maximum absolute atomic E-state index is 3.44. The molecule has 1 heterocycles. The average molecular weight is 245 g/mol. The summed E-state index contributed by atoms with van der Waals surface area (Å²) in [5, 5.41) is 5.60. The van der Waals surface area contributed by atoms with E-state index in [2.05, 4.69) is 55.7 Å². The van der Waals surface area contributed by atoms with Crippen LogP contribution in [0.25, 0.3) is 0 Å². The Morgan fingerprint density at radius 3 is 2.41 bits per heavy atom. The van der Waals surface area contributed by atoms with E-state index < -0.39 is 0 Å². The van der Waals surface area contributed by atoms with Crippen LogP contribution in [0, 0.1) is 20.8 Å². The van der Waals surface area contributed by atoms with Crippen LogP contribution in [0.2, 0.25) is 0 Å². The summed E-state index contributed by atoms with van der Waals surface area (Å²) >= 11 is 1.81. The predicted molar refractivity (Wildman–Crippen MR) is 75.9 cm³/mol. The van der Waals surface area contributed by atoms with Crippen LogP contribution in [0.5, 0.6) is 0 Å². The first kappa shape index (κ1) is 12.3. The molecule has 0 bridgehead atoms. The molecule has 0 saturated carbocycles. The Morgan fingerprint density at radius 2 is 1.82 bits per heavy atom. The van der Waals surface area contributed by atoms with Crippen LogP contribution >= 0.6 is 11.3 Å². The second-order valence-corrected chi connectivity index (χ2v) is 5.56. The standard InChI is InChI=1S/C15H19NS/c1-10-6-5-7-13(11(10)2)15(16-4)14-8-9-17-12(14)3/h5-9,15-16H,1-4H3. The maximum atomic E-state index is 3.44. The molecule has 2 aromatic rings. The van der Waals surface area contributed by atoms with Crippen LogP contribution in [0.4, 0.5) is 0 Å². The minimum atomic E-state index is 0.307. The van der Waals surface area contributed by atoms with Gasteiger partial charge in [-0.05, 0) is 61.5 Å². The topological polar surface area (TPSA) is 12.0 Å². The summed E-state index contributed by atoms with van der Waals surface area (Å²) in [7, 11) is 2.03. The molecule has 0 amide bonds. The quantitative estimate of drug-likeness (QED) is 0.862. The van der Waals surface area contributed by atoms with Crippen LogP contribution in [-0.2, 0) is 0 Å². The molecule has 0 aliphatic rings. The molecule has 1 atom stereocenters. The van der Waals surface area contributed by atoms with Crippen LogP contribution in [0.3, 0.4) is 0 Å². The number of thiophene rings is 1. The van der Waals surface area contributed by atoms with Gasteiger partial charge in [-0.15, -0.1) is 11.3 Å². The molecular weight excluding hydrogens is 226 g/mol. The largest absolute Gasteiger partial charge is 0.309 e. The van der Waals surface area contributed by atoms with E-state index in [9.17, 15) is 0 Å². The molecular formula is C15H19NS. The van der Waals surface area contributed by atoms with Gasteiger partial charge in [-0.2, -0.15) is 0 Å². The van der Waals surface area contributed by atoms with E-state index in [1.54, 1.807) is 0 Å². The Labute approximate surface area is 108 Å². The van der Waals surface area contributed by atoms with Crippen LogP contribution in [-0.4, -0.2) is 7.05 Å². The van der Waals surface area contributed by atoms with Crippen molar-refractivity contribution in [1.29, 1.82) is 0 Å². The van der Waals surface area contributed by atoms with E-state index in [-0.39, 0.29) is 0 Å². The second kappa shape index (κ2) is 5.03. The van der Waals surface area contributed by atoms with Gasteiger partial charge in [-0.1, -0.05) is 18.2 Å². The van der Waals surface area contributed by atoms with Gasteiger partial charge < -0.3 is 5.32 Å². The molecule has 90 valence electrons. The van der Waals surface area contributed by atoms with Gasteiger partial charge in [-0.25, -0.2) is 0 Å². The van der Waals surface area contributed by atoms with Gasteiger partial charge in [0.25, 0.3) is 0 Å². The molecule has 1 nitrogen and oxygen atoms in total. The second-order valence-electron chi connectivity index (χ2n) is 4.44. The van der Waals surface area contributed by atoms with Gasteiger partial charge in [0.05, 0.1) is 6.04 Å². The first-order valence-electron chi connectivity index (χ1n) is 5.92. The van der Waals surface area contributed by atoms with Crippen molar-refractivity contribution in [3.63, 3.8) is 0 Å². The number of hydrogen-bond donors (Lipinski definition) is 1. The summed E-state index contributed by atoms with van der Waals surface area (Å²) in [5.41, 5.74) is 5.52. The molecule has 0 fully saturated rings. The summed E-state index contributed by atoms with van der Waals surface area (Å²) in [6, 6.07) is 9.07. The van der Waals surface area contributed by atoms with E-state index in [1.165, 1.54) is 27.1 Å². The van der Waals surface area contributed by atoms with E-state index in [0.717, 1.165) is 0 Å². The molecule has 0 aliphatic carbocycles. The molecule has 0 saturated heterocycles. The Hall–Kier alpha value is -1.12. The monoisotopic (exact) mass is 245 g/mol. The van der Waals surface area contributed by atoms with Crippen LogP contribution < -0.4 is 5.32 Å². The highest BCUT2D eigenvalue weighted by Gasteiger charge is 2.17. The lowest BCUT2D eigenvalue weighted by molar-refractivity contribution is 0.686. The number of benzene rings is 1. The lowest BCUT2D eigenvalue weighted by atomic mass is 9.93. The van der Waals surface area contributed by atoms with E-state index >= 15 is 0 Å². The lowest BCUT2D eigenvalue weighted by Gasteiger charge is -2.20. The Bertz CT molecular complexity index is 513. The third-order valence-corrected chi connectivity index (χ3v) is 4.32. The van der Waals surface area contributed by atoms with E-state index in [4.69, 9.17) is 0 Å². The molecule has 2 heteroatoms. The number of rotatable bonds is 3. The van der Waals surface area contributed by atoms with Crippen molar-refractivity contribution in [3.05, 3.63) is 56.8 Å². The summed E-state index contributed by atoms with van der Waals surface area (Å²) in [6.45, 7) is 6.57. The van der Waals surface area contributed by atoms with Crippen molar-refractivity contribution >= 4 is 11.3 Å². The first-order valence-corrected chi connectivity index (χ1v) is 6.80. The molecule has 1 aromatic carbocycles. The van der Waals surface area contributed by atoms with Crippen molar-refractivity contribution < 1.29 is 0 Å². The first-order chi connectivity index (χ1) is 8.15. The van der Waals surface area contributed by atoms with Crippen LogP contribution in [0.1, 0.15) is 33.2 Å². The number of hydrogen-bond acceptors (Lipinski definition) is 2. The normalized spacial score (nSPS) is 12.7. The predicted octanol–water partition coefficient (Wildman–Crippen LogP) is 3.98. The Morgan fingerprint density at radius 1 is 1.06 bits per heavy atom. The smallest absolute Gasteiger partial charge is 0.0587 e. The van der Waals surface area contributed by atoms with Crippen molar-refractivity contribution in [2.45, 2.75) is 26.8 Å². The van der Waals surface area contributed by atoms with E-state index in [0.29, 0.717) is 6.04 Å². The molecule has 1 unspecified atom stereocenters. The fraction of sp³-hybridized carbons (Fsp3) is 0.333. The fourth-order valence-corrected chi connectivity index (χ4v) is 3.00. The van der Waals surface area contributed by atoms with Gasteiger partial charge in [0.1, 0.15) is 0 Å². The van der Waals surface area contributed by atoms with Crippen molar-refractivity contribution in [2.24, 2.45) is 0 Å². The molecule has 0 radical (unpaired) electrons. The van der Waals surface area contributed by atoms with Crippen LogP contribution in [0.15, 0.2) is 29.6 Å². The SMILES string of the molecule is CNC(c1ccsc1C)c1cccc(C)c1C. The molecule has 1 aromatic heterocycles. The highest BCUT2D eigenvalue weighted by molar-refractivity contribution is 7.10. The third kappa shape index (κ3) is 2.28. The zero-order chi connectivity index (χ0) is 12.4. The van der Waals surface area contributed by atoms with Gasteiger partial charge in [0, 0.05) is 4.88 Å². The van der Waals surface area contributed by atoms with Gasteiger partial charge >= 0.3 is 0 Å².